The zero-order valence-corrected chi connectivity index (χ0v) is 17.2. The van der Waals surface area contributed by atoms with Crippen molar-refractivity contribution in [3.63, 3.8) is 0 Å². The molecule has 1 aliphatic heterocycles. The Balaban J connectivity index is 2.14. The van der Waals surface area contributed by atoms with Crippen molar-refractivity contribution >= 4 is 35.9 Å². The summed E-state index contributed by atoms with van der Waals surface area (Å²) in [6.07, 6.45) is 1.36. The summed E-state index contributed by atoms with van der Waals surface area (Å²) in [5.74, 6) is -2.87. The molecule has 1 saturated heterocycles. The van der Waals surface area contributed by atoms with Crippen molar-refractivity contribution in [2.75, 3.05) is 14.2 Å². The van der Waals surface area contributed by atoms with E-state index in [-0.39, 0.29) is 16.7 Å². The molecule has 3 rings (SSSR count). The van der Waals surface area contributed by atoms with Gasteiger partial charge in [0.05, 0.1) is 25.3 Å². The quantitative estimate of drug-likeness (QED) is 0.430. The maximum atomic E-state index is 12.1. The second-order valence-corrected chi connectivity index (χ2v) is 6.71. The molecule has 10 heteroatoms. The fraction of sp³-hybridized carbons (Fsp3) is 0.190. The van der Waals surface area contributed by atoms with Gasteiger partial charge in [0, 0.05) is 17.1 Å². The smallest absolute Gasteiger partial charge is 0.337 e. The van der Waals surface area contributed by atoms with E-state index in [2.05, 4.69) is 0 Å². The summed E-state index contributed by atoms with van der Waals surface area (Å²) in [4.78, 5) is 59.5. The fourth-order valence-electron chi connectivity index (χ4n) is 3.30. The van der Waals surface area contributed by atoms with Crippen LogP contribution in [0.15, 0.2) is 29.8 Å². The minimum atomic E-state index is -0.882. The molecule has 2 N–H and O–H groups in total. The van der Waals surface area contributed by atoms with E-state index < -0.39 is 29.8 Å². The van der Waals surface area contributed by atoms with Gasteiger partial charge in [-0.15, -0.1) is 0 Å². The average molecular weight is 425 g/mol. The normalized spacial score (nSPS) is 13.4. The van der Waals surface area contributed by atoms with Gasteiger partial charge in [-0.25, -0.2) is 14.4 Å². The predicted molar refractivity (Wildman–Crippen MR) is 108 cm³/mol. The van der Waals surface area contributed by atoms with Gasteiger partial charge in [-0.3, -0.25) is 20.2 Å². The van der Waals surface area contributed by atoms with Crippen LogP contribution < -0.4 is 10.6 Å². The molecule has 2 aromatic rings. The number of nitrogens with one attached hydrogen (secondary N) is 2. The summed E-state index contributed by atoms with van der Waals surface area (Å²) in [6.45, 7) is 3.52. The Morgan fingerprint density at radius 2 is 1.39 bits per heavy atom. The van der Waals surface area contributed by atoms with Crippen LogP contribution in [0.3, 0.4) is 0 Å². The number of ether oxygens (including phenoxy) is 2. The van der Waals surface area contributed by atoms with Gasteiger partial charge >= 0.3 is 18.0 Å². The molecule has 0 atom stereocenters. The number of hydrogen-bond donors (Lipinski definition) is 2. The Bertz CT molecular complexity index is 1120. The van der Waals surface area contributed by atoms with Crippen LogP contribution in [0.2, 0.25) is 0 Å². The van der Waals surface area contributed by atoms with Crippen molar-refractivity contribution in [1.29, 1.82) is 0 Å². The summed E-state index contributed by atoms with van der Waals surface area (Å²) in [6, 6.07) is 5.31. The molecule has 160 valence electrons. The first-order chi connectivity index (χ1) is 14.7. The number of methoxy groups -OCH3 is 2. The van der Waals surface area contributed by atoms with E-state index in [4.69, 9.17) is 9.47 Å². The van der Waals surface area contributed by atoms with Crippen molar-refractivity contribution in [2.24, 2.45) is 0 Å². The number of rotatable bonds is 4. The summed E-state index contributed by atoms with van der Waals surface area (Å²) < 4.78 is 11.3. The van der Waals surface area contributed by atoms with Crippen molar-refractivity contribution in [3.05, 3.63) is 57.9 Å². The van der Waals surface area contributed by atoms with E-state index in [9.17, 15) is 24.0 Å². The molecule has 2 heterocycles. The maximum absolute atomic E-state index is 12.1. The maximum Gasteiger partial charge on any atom is 0.337 e. The Hall–Kier alpha value is -4.21. The van der Waals surface area contributed by atoms with Crippen molar-refractivity contribution in [1.82, 2.24) is 15.2 Å². The molecule has 4 amide bonds. The topological polar surface area (TPSA) is 133 Å². The number of benzene rings is 1. The number of nitrogens with zero attached hydrogens (tertiary/aromatic N) is 1. The first-order valence-electron chi connectivity index (χ1n) is 9.05. The monoisotopic (exact) mass is 425 g/mol. The molecule has 0 bridgehead atoms. The summed E-state index contributed by atoms with van der Waals surface area (Å²) in [7, 11) is 2.46. The largest absolute Gasteiger partial charge is 0.465 e. The third kappa shape index (κ3) is 4.08. The Labute approximate surface area is 176 Å². The van der Waals surface area contributed by atoms with E-state index in [0.717, 1.165) is 0 Å². The Morgan fingerprint density at radius 3 is 1.87 bits per heavy atom. The number of carbonyl (C=O) groups excluding carboxylic acids is 5. The van der Waals surface area contributed by atoms with E-state index >= 15 is 0 Å². The lowest BCUT2D eigenvalue weighted by Crippen LogP contribution is -2.51. The van der Waals surface area contributed by atoms with Gasteiger partial charge in [-0.05, 0) is 49.8 Å². The zero-order chi connectivity index (χ0) is 22.9. The highest BCUT2D eigenvalue weighted by molar-refractivity contribution is 6.31. The van der Waals surface area contributed by atoms with E-state index in [1.807, 2.05) is 10.6 Å². The average Bonchev–Trinajstić information content (AvgIpc) is 3.01. The molecule has 0 radical (unpaired) electrons. The molecule has 1 aromatic carbocycles. The van der Waals surface area contributed by atoms with E-state index in [1.165, 1.54) is 26.4 Å². The van der Waals surface area contributed by atoms with Crippen LogP contribution in [0.5, 0.6) is 0 Å². The minimum absolute atomic E-state index is 0.150. The minimum Gasteiger partial charge on any atom is -0.465 e. The lowest BCUT2D eigenvalue weighted by atomic mass is 10.1. The highest BCUT2D eigenvalue weighted by Crippen LogP contribution is 2.25. The highest BCUT2D eigenvalue weighted by atomic mass is 16.5. The number of aryl methyl sites for hydroxylation is 1. The van der Waals surface area contributed by atoms with Crippen LogP contribution in [-0.2, 0) is 19.1 Å². The third-order valence-electron chi connectivity index (χ3n) is 4.73. The number of esters is 2. The molecule has 0 unspecified atom stereocenters. The number of imide groups is 2. The molecule has 31 heavy (non-hydrogen) atoms. The molecular weight excluding hydrogens is 406 g/mol. The lowest BCUT2D eigenvalue weighted by molar-refractivity contribution is -0.123. The predicted octanol–water partition coefficient (Wildman–Crippen LogP) is 1.42. The van der Waals surface area contributed by atoms with E-state index in [0.29, 0.717) is 22.6 Å². The number of hydrogen-bond acceptors (Lipinski definition) is 7. The van der Waals surface area contributed by atoms with Gasteiger partial charge in [-0.2, -0.15) is 0 Å². The van der Waals surface area contributed by atoms with Crippen LogP contribution in [0.4, 0.5) is 4.79 Å². The Morgan fingerprint density at radius 1 is 0.871 bits per heavy atom. The number of urea groups is 1. The molecular formula is C21H19N3O7. The first kappa shape index (κ1) is 21.5. The van der Waals surface area contributed by atoms with Gasteiger partial charge in [0.15, 0.2) is 0 Å². The van der Waals surface area contributed by atoms with Crippen molar-refractivity contribution in [2.45, 2.75) is 13.8 Å². The second kappa shape index (κ2) is 8.27. The molecule has 0 saturated carbocycles. The van der Waals surface area contributed by atoms with E-state index in [1.54, 1.807) is 36.6 Å². The second-order valence-electron chi connectivity index (χ2n) is 6.71. The van der Waals surface area contributed by atoms with Crippen LogP contribution in [-0.4, -0.2) is 48.6 Å². The number of aromatic nitrogens is 1. The van der Waals surface area contributed by atoms with Crippen LogP contribution >= 0.6 is 0 Å². The van der Waals surface area contributed by atoms with Gasteiger partial charge < -0.3 is 14.0 Å². The third-order valence-corrected chi connectivity index (χ3v) is 4.73. The van der Waals surface area contributed by atoms with Gasteiger partial charge in [0.2, 0.25) is 0 Å². The lowest BCUT2D eigenvalue weighted by Gasteiger charge is -2.14. The van der Waals surface area contributed by atoms with Gasteiger partial charge in [-0.1, -0.05) is 0 Å². The number of barbiturate groups is 1. The van der Waals surface area contributed by atoms with Gasteiger partial charge in [0.1, 0.15) is 5.57 Å². The van der Waals surface area contributed by atoms with Crippen LogP contribution in [0.25, 0.3) is 11.8 Å². The highest BCUT2D eigenvalue weighted by Gasteiger charge is 2.28. The molecule has 0 spiro atoms. The molecule has 0 aliphatic carbocycles. The summed E-state index contributed by atoms with van der Waals surface area (Å²) in [5.41, 5.74) is 2.43. The van der Waals surface area contributed by atoms with Crippen molar-refractivity contribution < 1.29 is 33.4 Å². The Kier molecular flexibility index (Phi) is 5.73. The van der Waals surface area contributed by atoms with Crippen molar-refractivity contribution in [3.8, 4) is 5.69 Å². The zero-order valence-electron chi connectivity index (χ0n) is 17.2. The molecule has 1 aromatic heterocycles. The summed E-state index contributed by atoms with van der Waals surface area (Å²) >= 11 is 0. The summed E-state index contributed by atoms with van der Waals surface area (Å²) in [5, 5.41) is 4.04. The van der Waals surface area contributed by atoms with Gasteiger partial charge in [0.25, 0.3) is 11.8 Å². The fourth-order valence-corrected chi connectivity index (χ4v) is 3.30. The molecule has 10 nitrogen and oxygen atoms in total. The molecule has 1 aliphatic rings. The number of carbonyl (C=O) groups is 5. The SMILES string of the molecule is COC(=O)c1cc(C(=O)OC)cc(-n2c(C)cc(C=C3C(=O)NC(=O)NC3=O)c2C)c1. The molecule has 1 fully saturated rings. The number of amides is 4. The van der Waals surface area contributed by atoms with Crippen LogP contribution in [0.1, 0.15) is 37.7 Å². The standard InChI is InChI=1S/C21H19N3O7/c1-10-5-12(9-16-17(25)22-21(29)23-18(16)26)11(2)24(10)15-7-13(19(27)30-3)6-14(8-15)20(28)31-4/h5-9H,1-4H3,(H2,22,23,25,26,29). The van der Waals surface area contributed by atoms with Crippen LogP contribution in [0, 0.1) is 13.8 Å². The first-order valence-corrected chi connectivity index (χ1v) is 9.05.